The highest BCUT2D eigenvalue weighted by molar-refractivity contribution is 6.11. The SMILES string of the molecule is c1ccc(N(c2ccc3ccccc3c2)c2cccc3c2-c2ccccc2C32c3ccccc3-c3c2c(N(c2ccccc2)c2ccccc2)cc2ccccc32)cc1. The zero-order valence-corrected chi connectivity index (χ0v) is 32.3. The average Bonchev–Trinajstić information content (AvgIpc) is 3.79. The summed E-state index contributed by atoms with van der Waals surface area (Å²) >= 11 is 0. The Kier molecular flexibility index (Phi) is 7.48. The third-order valence-corrected chi connectivity index (χ3v) is 12.6. The molecule has 2 nitrogen and oxygen atoms in total. The highest BCUT2D eigenvalue weighted by atomic mass is 15.2. The Bertz CT molecular complexity index is 3190. The van der Waals surface area contributed by atoms with Crippen molar-refractivity contribution in [2.75, 3.05) is 9.80 Å². The summed E-state index contributed by atoms with van der Waals surface area (Å²) < 4.78 is 0. The standard InChI is InChI=1S/C57H38N2/c1-4-22-42(23-5-1)58(43-24-6-2-7-25-43)53-38-41-21-12-13-28-46(41)54-47-29-14-16-31-49(47)57(56(53)54)50-32-17-15-30-48(50)55-51(57)33-18-34-52(55)59(44-26-8-3-9-27-44)45-36-35-39-19-10-11-20-40(39)37-45/h1-38H. The predicted molar refractivity (Wildman–Crippen MR) is 247 cm³/mol. The maximum absolute atomic E-state index is 2.48. The van der Waals surface area contributed by atoms with Gasteiger partial charge in [0.15, 0.2) is 0 Å². The van der Waals surface area contributed by atoms with Gasteiger partial charge < -0.3 is 9.80 Å². The van der Waals surface area contributed by atoms with Gasteiger partial charge in [0, 0.05) is 33.9 Å². The fraction of sp³-hybridized carbons (Fsp3) is 0.0175. The van der Waals surface area contributed by atoms with Crippen LogP contribution in [0.4, 0.5) is 34.1 Å². The van der Waals surface area contributed by atoms with E-state index in [0.717, 1.165) is 28.4 Å². The Hall–Kier alpha value is -7.68. The van der Waals surface area contributed by atoms with Gasteiger partial charge in [-0.05, 0) is 116 Å². The van der Waals surface area contributed by atoms with E-state index in [2.05, 4.69) is 240 Å². The molecule has 0 saturated heterocycles. The lowest BCUT2D eigenvalue weighted by Crippen LogP contribution is -2.28. The van der Waals surface area contributed by atoms with Gasteiger partial charge >= 0.3 is 0 Å². The minimum absolute atomic E-state index is 0.624. The van der Waals surface area contributed by atoms with Crippen molar-refractivity contribution in [3.63, 3.8) is 0 Å². The number of hydrogen-bond acceptors (Lipinski definition) is 2. The molecule has 10 aromatic rings. The number of hydrogen-bond donors (Lipinski definition) is 0. The Balaban J connectivity index is 1.23. The van der Waals surface area contributed by atoms with E-state index in [9.17, 15) is 0 Å². The van der Waals surface area contributed by atoms with Gasteiger partial charge in [-0.1, -0.05) is 170 Å². The van der Waals surface area contributed by atoms with Crippen molar-refractivity contribution in [2.24, 2.45) is 0 Å². The molecule has 0 radical (unpaired) electrons. The normalized spacial score (nSPS) is 14.5. The molecule has 0 heterocycles. The Morgan fingerprint density at radius 1 is 0.288 bits per heavy atom. The van der Waals surface area contributed by atoms with Crippen LogP contribution in [-0.4, -0.2) is 0 Å². The molecular formula is C57H38N2. The quantitative estimate of drug-likeness (QED) is 0.167. The van der Waals surface area contributed by atoms with Gasteiger partial charge in [0.25, 0.3) is 0 Å². The first-order valence-corrected chi connectivity index (χ1v) is 20.4. The molecule has 0 amide bonds. The molecule has 1 atom stereocenters. The van der Waals surface area contributed by atoms with E-state index in [4.69, 9.17) is 0 Å². The van der Waals surface area contributed by atoms with E-state index >= 15 is 0 Å². The van der Waals surface area contributed by atoms with Gasteiger partial charge in [0.1, 0.15) is 0 Å². The lowest BCUT2D eigenvalue weighted by atomic mass is 9.69. The summed E-state index contributed by atoms with van der Waals surface area (Å²) in [5, 5.41) is 4.93. The van der Waals surface area contributed by atoms with Crippen molar-refractivity contribution in [2.45, 2.75) is 5.41 Å². The van der Waals surface area contributed by atoms with Gasteiger partial charge in [0.2, 0.25) is 0 Å². The van der Waals surface area contributed by atoms with Crippen LogP contribution < -0.4 is 9.80 Å². The van der Waals surface area contributed by atoms with Gasteiger partial charge in [0.05, 0.1) is 16.8 Å². The van der Waals surface area contributed by atoms with Gasteiger partial charge in [-0.25, -0.2) is 0 Å². The molecule has 276 valence electrons. The molecule has 1 spiro atoms. The summed E-state index contributed by atoms with van der Waals surface area (Å²) in [5.41, 5.74) is 16.5. The fourth-order valence-electron chi connectivity index (χ4n) is 10.3. The molecule has 0 N–H and O–H groups in total. The molecule has 2 aliphatic rings. The lowest BCUT2D eigenvalue weighted by Gasteiger charge is -2.36. The molecule has 0 aromatic heterocycles. The first-order chi connectivity index (χ1) is 29.3. The van der Waals surface area contributed by atoms with E-state index in [0.29, 0.717) is 0 Å². The smallest absolute Gasteiger partial charge is 0.0747 e. The summed E-state index contributed by atoms with van der Waals surface area (Å²) in [7, 11) is 0. The second-order valence-electron chi connectivity index (χ2n) is 15.6. The summed E-state index contributed by atoms with van der Waals surface area (Å²) in [5.74, 6) is 0. The average molecular weight is 751 g/mol. The van der Waals surface area contributed by atoms with Crippen LogP contribution in [0.5, 0.6) is 0 Å². The number of para-hydroxylation sites is 3. The molecule has 2 aliphatic carbocycles. The Labute approximate surface area is 344 Å². The third kappa shape index (κ3) is 4.87. The number of benzene rings is 10. The molecule has 59 heavy (non-hydrogen) atoms. The summed E-state index contributed by atoms with van der Waals surface area (Å²) in [6.07, 6.45) is 0. The van der Waals surface area contributed by atoms with Crippen LogP contribution in [0.2, 0.25) is 0 Å². The molecule has 1 unspecified atom stereocenters. The van der Waals surface area contributed by atoms with Crippen molar-refractivity contribution < 1.29 is 0 Å². The summed E-state index contributed by atoms with van der Waals surface area (Å²) in [6, 6.07) is 84.9. The van der Waals surface area contributed by atoms with Crippen molar-refractivity contribution >= 4 is 55.7 Å². The number of rotatable bonds is 6. The van der Waals surface area contributed by atoms with Crippen LogP contribution in [0.3, 0.4) is 0 Å². The highest BCUT2D eigenvalue weighted by Crippen LogP contribution is 2.68. The topological polar surface area (TPSA) is 6.48 Å². The molecule has 0 fully saturated rings. The van der Waals surface area contributed by atoms with Crippen molar-refractivity contribution in [3.05, 3.63) is 253 Å². The third-order valence-electron chi connectivity index (χ3n) is 12.6. The number of fused-ring (bicyclic) bond motifs is 13. The van der Waals surface area contributed by atoms with Crippen molar-refractivity contribution in [1.82, 2.24) is 0 Å². The largest absolute Gasteiger partial charge is 0.310 e. The minimum atomic E-state index is -0.624. The maximum Gasteiger partial charge on any atom is 0.0747 e. The fourth-order valence-corrected chi connectivity index (χ4v) is 10.3. The molecule has 0 bridgehead atoms. The second-order valence-corrected chi connectivity index (χ2v) is 15.6. The molecule has 0 aliphatic heterocycles. The van der Waals surface area contributed by atoms with E-state index in [1.54, 1.807) is 0 Å². The number of anilines is 6. The van der Waals surface area contributed by atoms with E-state index in [1.807, 2.05) is 0 Å². The van der Waals surface area contributed by atoms with E-state index in [-0.39, 0.29) is 0 Å². The maximum atomic E-state index is 2.48. The van der Waals surface area contributed by atoms with Crippen LogP contribution in [-0.2, 0) is 5.41 Å². The van der Waals surface area contributed by atoms with Crippen LogP contribution in [0.25, 0.3) is 43.8 Å². The zero-order chi connectivity index (χ0) is 38.9. The Morgan fingerprint density at radius 3 is 1.42 bits per heavy atom. The van der Waals surface area contributed by atoms with E-state index in [1.165, 1.54) is 71.7 Å². The van der Waals surface area contributed by atoms with Crippen molar-refractivity contribution in [3.8, 4) is 22.3 Å². The Morgan fingerprint density at radius 2 is 0.780 bits per heavy atom. The van der Waals surface area contributed by atoms with Crippen LogP contribution in [0, 0.1) is 0 Å². The van der Waals surface area contributed by atoms with Crippen molar-refractivity contribution in [1.29, 1.82) is 0 Å². The monoisotopic (exact) mass is 750 g/mol. The predicted octanol–water partition coefficient (Wildman–Crippen LogP) is 15.3. The second kappa shape index (κ2) is 13.2. The summed E-state index contributed by atoms with van der Waals surface area (Å²) in [4.78, 5) is 4.94. The molecule has 10 aromatic carbocycles. The lowest BCUT2D eigenvalue weighted by molar-refractivity contribution is 0.793. The summed E-state index contributed by atoms with van der Waals surface area (Å²) in [6.45, 7) is 0. The first kappa shape index (κ1) is 33.5. The van der Waals surface area contributed by atoms with Gasteiger partial charge in [-0.15, -0.1) is 0 Å². The molecule has 2 heteroatoms. The number of nitrogens with zero attached hydrogens (tertiary/aromatic N) is 2. The van der Waals surface area contributed by atoms with Crippen LogP contribution in [0.15, 0.2) is 231 Å². The first-order valence-electron chi connectivity index (χ1n) is 20.4. The zero-order valence-electron chi connectivity index (χ0n) is 32.3. The van der Waals surface area contributed by atoms with E-state index < -0.39 is 5.41 Å². The highest BCUT2D eigenvalue weighted by Gasteiger charge is 2.54. The van der Waals surface area contributed by atoms with Gasteiger partial charge in [-0.3, -0.25) is 0 Å². The minimum Gasteiger partial charge on any atom is -0.310 e. The van der Waals surface area contributed by atoms with Gasteiger partial charge in [-0.2, -0.15) is 0 Å². The molecule has 12 rings (SSSR count). The molecular weight excluding hydrogens is 713 g/mol. The van der Waals surface area contributed by atoms with Crippen LogP contribution >= 0.6 is 0 Å². The molecule has 0 saturated carbocycles. The van der Waals surface area contributed by atoms with Crippen LogP contribution in [0.1, 0.15) is 22.3 Å².